The highest BCUT2D eigenvalue weighted by Crippen LogP contribution is 2.46. The number of fused-ring (bicyclic) bond motifs is 3. The van der Waals surface area contributed by atoms with Crippen LogP contribution in [0, 0.1) is 5.92 Å². The van der Waals surface area contributed by atoms with Gasteiger partial charge in [0.05, 0.1) is 24.7 Å². The van der Waals surface area contributed by atoms with Crippen molar-refractivity contribution >= 4 is 55.4 Å². The van der Waals surface area contributed by atoms with E-state index in [0.29, 0.717) is 36.8 Å². The van der Waals surface area contributed by atoms with E-state index < -0.39 is 85.1 Å². The maximum absolute atomic E-state index is 14.4. The number of amides is 4. The Kier molecular flexibility index (Phi) is 10.6. The lowest BCUT2D eigenvalue weighted by molar-refractivity contribution is -0.140. The van der Waals surface area contributed by atoms with Crippen LogP contribution in [0.3, 0.4) is 0 Å². The van der Waals surface area contributed by atoms with Crippen molar-refractivity contribution in [3.8, 4) is 11.6 Å². The Morgan fingerprint density at radius 3 is 2.63 bits per heavy atom. The Balaban J connectivity index is 1.32. The molecule has 6 atom stereocenters. The van der Waals surface area contributed by atoms with Gasteiger partial charge in [-0.2, -0.15) is 0 Å². The van der Waals surface area contributed by atoms with Gasteiger partial charge < -0.3 is 29.7 Å². The molecule has 2 aliphatic heterocycles. The predicted octanol–water partition coefficient (Wildman–Crippen LogP) is 2.07. The van der Waals surface area contributed by atoms with E-state index in [9.17, 15) is 31.8 Å². The number of alkyl carbamates (subject to hydrolysis) is 1. The van der Waals surface area contributed by atoms with Crippen molar-refractivity contribution in [2.75, 3.05) is 25.2 Å². The zero-order valence-corrected chi connectivity index (χ0v) is 31.2. The Bertz CT molecular complexity index is 1910. The summed E-state index contributed by atoms with van der Waals surface area (Å²) in [6.07, 6.45) is 5.51. The van der Waals surface area contributed by atoms with Crippen LogP contribution in [0.4, 0.5) is 4.79 Å². The first-order valence-electron chi connectivity index (χ1n) is 17.4. The molecule has 4 aliphatic rings. The second-order valence-electron chi connectivity index (χ2n) is 14.7. The van der Waals surface area contributed by atoms with Crippen molar-refractivity contribution < 1.29 is 46.0 Å². The van der Waals surface area contributed by atoms with Crippen molar-refractivity contribution in [1.82, 2.24) is 25.2 Å². The molecule has 1 aromatic carbocycles. The number of ether oxygens (including phenoxy) is 3. The minimum atomic E-state index is -3.92. The normalized spacial score (nSPS) is 29.0. The molecule has 1 unspecified atom stereocenters. The first kappa shape index (κ1) is 37.5. The summed E-state index contributed by atoms with van der Waals surface area (Å²) in [6.45, 7) is 4.90. The number of carbonyl (C=O) groups excluding carboxylic acids is 4. The average Bonchev–Trinajstić information content (AvgIpc) is 4.00. The average molecular weight is 760 g/mol. The summed E-state index contributed by atoms with van der Waals surface area (Å²) < 4.78 is 58.1. The van der Waals surface area contributed by atoms with Gasteiger partial charge in [-0.15, -0.1) is 0 Å². The van der Waals surface area contributed by atoms with Crippen LogP contribution in [0.2, 0.25) is 0 Å². The second-order valence-corrected chi connectivity index (χ2v) is 18.3. The van der Waals surface area contributed by atoms with Crippen molar-refractivity contribution in [2.45, 2.75) is 93.9 Å². The third-order valence-corrected chi connectivity index (χ3v) is 12.7. The molecule has 3 fully saturated rings. The summed E-state index contributed by atoms with van der Waals surface area (Å²) in [5, 5.41) is 6.19. The smallest absolute Gasteiger partial charge is 0.408 e. The van der Waals surface area contributed by atoms with E-state index in [1.807, 2.05) is 12.1 Å². The molecule has 1 aromatic heterocycles. The van der Waals surface area contributed by atoms with Crippen molar-refractivity contribution in [3.63, 3.8) is 0 Å². The minimum Gasteiger partial charge on any atom is -0.497 e. The summed E-state index contributed by atoms with van der Waals surface area (Å²) in [4.78, 5) is 60.9. The van der Waals surface area contributed by atoms with Gasteiger partial charge >= 0.3 is 6.09 Å². The standard InChI is InChI=1S/C35H45N5O10S2/c1-34(2,3)50-33(44)37-27-20-51(45)15-7-5-6-8-22-18-35(22,32(43)39-52(46,47)25-10-11-25)38-29(41)28-17-24(19-40(28)31(27)42)49-30-26-12-9-23(48-4)16-21(26)13-14-36-30/h6,8-9,12-14,16,22,24-25,27-28H,5,7,10-11,15,17-20H2,1-4H3,(H,37,44)(H,38,41)(H,39,43)/b8-6-/t22-,24-,27+,28+,35-,51?/m1/s1. The number of carbonyl (C=O) groups is 4. The number of nitrogens with one attached hydrogen (secondary N) is 3. The SMILES string of the molecule is COc1ccc2c(O[C@@H]3C[C@H]4C(=O)N[C@]5(C(=O)NS(=O)(=O)C6CC6)C[C@H]5/C=C\CCCS(=O)C[C@H](NC(=O)OC(C)(C)C)C(=O)N4C3)nccc2c1. The van der Waals surface area contributed by atoms with Gasteiger partial charge in [-0.25, -0.2) is 18.2 Å². The van der Waals surface area contributed by atoms with Crippen LogP contribution in [-0.4, -0.2) is 106 Å². The van der Waals surface area contributed by atoms with Crippen LogP contribution >= 0.6 is 0 Å². The van der Waals surface area contributed by atoms with E-state index in [-0.39, 0.29) is 36.8 Å². The molecular formula is C35H45N5O10S2. The maximum Gasteiger partial charge on any atom is 0.408 e. The van der Waals surface area contributed by atoms with Crippen LogP contribution in [0.25, 0.3) is 10.8 Å². The van der Waals surface area contributed by atoms with Gasteiger partial charge in [0, 0.05) is 40.5 Å². The fourth-order valence-corrected chi connectivity index (χ4v) is 9.18. The minimum absolute atomic E-state index is 0.0212. The van der Waals surface area contributed by atoms with E-state index in [0.717, 1.165) is 5.39 Å². The summed E-state index contributed by atoms with van der Waals surface area (Å²) in [5.74, 6) is -1.82. The molecule has 2 saturated carbocycles. The molecule has 4 amide bonds. The summed E-state index contributed by atoms with van der Waals surface area (Å²) in [7, 11) is -3.90. The van der Waals surface area contributed by atoms with Gasteiger partial charge in [-0.05, 0) is 82.5 Å². The molecule has 15 nitrogen and oxygen atoms in total. The summed E-state index contributed by atoms with van der Waals surface area (Å²) in [5.41, 5.74) is -2.44. The maximum atomic E-state index is 14.4. The third kappa shape index (κ3) is 8.51. The van der Waals surface area contributed by atoms with Crippen molar-refractivity contribution in [2.24, 2.45) is 5.92 Å². The van der Waals surface area contributed by atoms with E-state index in [2.05, 4.69) is 20.3 Å². The number of pyridine rings is 1. The van der Waals surface area contributed by atoms with Gasteiger partial charge in [0.1, 0.15) is 35.1 Å². The van der Waals surface area contributed by atoms with E-state index in [1.165, 1.54) is 4.90 Å². The lowest BCUT2D eigenvalue weighted by Gasteiger charge is -2.30. The number of aromatic nitrogens is 1. The molecule has 1 saturated heterocycles. The Hall–Kier alpha value is -4.25. The molecule has 282 valence electrons. The van der Waals surface area contributed by atoms with Gasteiger partial charge in [0.2, 0.25) is 27.7 Å². The van der Waals surface area contributed by atoms with E-state index in [1.54, 1.807) is 58.4 Å². The van der Waals surface area contributed by atoms with E-state index >= 15 is 0 Å². The fraction of sp³-hybridized carbons (Fsp3) is 0.571. The van der Waals surface area contributed by atoms with E-state index in [4.69, 9.17) is 14.2 Å². The molecule has 0 radical (unpaired) electrons. The highest BCUT2D eigenvalue weighted by atomic mass is 32.2. The van der Waals surface area contributed by atoms with Crippen molar-refractivity contribution in [1.29, 1.82) is 0 Å². The van der Waals surface area contributed by atoms with Crippen LogP contribution in [-0.2, 0) is 39.9 Å². The molecule has 0 spiro atoms. The molecule has 3 heterocycles. The molecule has 2 aliphatic carbocycles. The zero-order valence-electron chi connectivity index (χ0n) is 29.6. The van der Waals surface area contributed by atoms with Crippen LogP contribution in [0.5, 0.6) is 11.6 Å². The zero-order chi connectivity index (χ0) is 37.4. The Morgan fingerprint density at radius 1 is 1.15 bits per heavy atom. The van der Waals surface area contributed by atoms with Crippen molar-refractivity contribution in [3.05, 3.63) is 42.6 Å². The quantitative estimate of drug-likeness (QED) is 0.349. The topological polar surface area (TPSA) is 199 Å². The largest absolute Gasteiger partial charge is 0.497 e. The molecule has 3 N–H and O–H groups in total. The molecule has 6 rings (SSSR count). The number of hydrogen-bond donors (Lipinski definition) is 3. The molecule has 17 heteroatoms. The van der Waals surface area contributed by atoms with Crippen LogP contribution < -0.4 is 24.8 Å². The molecule has 0 bridgehead atoms. The van der Waals surface area contributed by atoms with Crippen LogP contribution in [0.1, 0.15) is 59.3 Å². The van der Waals surface area contributed by atoms with Gasteiger partial charge in [-0.3, -0.25) is 23.3 Å². The second kappa shape index (κ2) is 14.6. The lowest BCUT2D eigenvalue weighted by Crippen LogP contribution is -2.59. The molecule has 52 heavy (non-hydrogen) atoms. The molecule has 2 aromatic rings. The van der Waals surface area contributed by atoms with Gasteiger partial charge in [0.15, 0.2) is 0 Å². The summed E-state index contributed by atoms with van der Waals surface area (Å²) in [6, 6.07) is 4.64. The number of benzene rings is 1. The number of sulfonamides is 1. The predicted molar refractivity (Wildman–Crippen MR) is 191 cm³/mol. The number of rotatable bonds is 7. The Labute approximate surface area is 305 Å². The molecular weight excluding hydrogens is 715 g/mol. The first-order valence-corrected chi connectivity index (χ1v) is 20.4. The summed E-state index contributed by atoms with van der Waals surface area (Å²) >= 11 is 0. The highest BCUT2D eigenvalue weighted by Gasteiger charge is 2.62. The number of allylic oxidation sites excluding steroid dienone is 1. The Morgan fingerprint density at radius 2 is 1.92 bits per heavy atom. The van der Waals surface area contributed by atoms with Gasteiger partial charge in [0.25, 0.3) is 5.91 Å². The highest BCUT2D eigenvalue weighted by molar-refractivity contribution is 7.91. The number of methoxy groups -OCH3 is 1. The number of hydrogen-bond acceptors (Lipinski definition) is 11. The van der Waals surface area contributed by atoms with Crippen LogP contribution in [0.15, 0.2) is 42.6 Å². The van der Waals surface area contributed by atoms with Gasteiger partial charge in [-0.1, -0.05) is 12.2 Å². The first-order chi connectivity index (χ1) is 24.6. The monoisotopic (exact) mass is 759 g/mol. The number of nitrogens with zero attached hydrogens (tertiary/aromatic N) is 2. The fourth-order valence-electron chi connectivity index (χ4n) is 6.57. The lowest BCUT2D eigenvalue weighted by atomic mass is 10.1. The third-order valence-electron chi connectivity index (χ3n) is 9.48.